The van der Waals surface area contributed by atoms with Crippen molar-refractivity contribution in [2.24, 2.45) is 0 Å². The van der Waals surface area contributed by atoms with Crippen LogP contribution in [0.15, 0.2) is 180 Å². The molecule has 2 heteroatoms. The first-order valence-electron chi connectivity index (χ1n) is 21.7. The van der Waals surface area contributed by atoms with Crippen molar-refractivity contribution in [1.29, 1.82) is 0 Å². The maximum Gasteiger partial charge on any atom is 0.0493 e. The fourth-order valence-electron chi connectivity index (χ4n) is 10.4. The van der Waals surface area contributed by atoms with Crippen molar-refractivity contribution in [3.05, 3.63) is 214 Å². The van der Waals surface area contributed by atoms with E-state index in [0.717, 1.165) is 51.4 Å². The summed E-state index contributed by atoms with van der Waals surface area (Å²) < 4.78 is 0. The topological polar surface area (TPSA) is 6.48 Å². The molecule has 0 N–H and O–H groups in total. The summed E-state index contributed by atoms with van der Waals surface area (Å²) in [4.78, 5) is 5.04. The molecule has 59 heavy (non-hydrogen) atoms. The molecule has 5 aliphatic rings. The highest BCUT2D eigenvalue weighted by atomic mass is 15.2. The maximum absolute atomic E-state index is 2.54. The summed E-state index contributed by atoms with van der Waals surface area (Å²) in [6.07, 6.45) is 23.0. The molecule has 11 rings (SSSR count). The number of hydrogen-bond donors (Lipinski definition) is 0. The van der Waals surface area contributed by atoms with Gasteiger partial charge in [0.1, 0.15) is 0 Å². The molecule has 288 valence electrons. The summed E-state index contributed by atoms with van der Waals surface area (Å²) in [5.41, 5.74) is 24.1. The summed E-state index contributed by atoms with van der Waals surface area (Å²) in [6.45, 7) is 4.80. The third-order valence-electron chi connectivity index (χ3n) is 13.6. The van der Waals surface area contributed by atoms with Gasteiger partial charge in [-0.25, -0.2) is 0 Å². The smallest absolute Gasteiger partial charge is 0.0493 e. The summed E-state index contributed by atoms with van der Waals surface area (Å²) in [7, 11) is 0. The normalized spacial score (nSPS) is 17.5. The monoisotopic (exact) mass is 762 g/mol. The molecule has 2 heterocycles. The van der Waals surface area contributed by atoms with E-state index in [0.29, 0.717) is 0 Å². The molecule has 6 aromatic carbocycles. The number of para-hydroxylation sites is 2. The van der Waals surface area contributed by atoms with Crippen LogP contribution in [0.25, 0.3) is 34.4 Å². The van der Waals surface area contributed by atoms with E-state index in [1.807, 2.05) is 0 Å². The van der Waals surface area contributed by atoms with Crippen molar-refractivity contribution in [2.75, 3.05) is 9.80 Å². The van der Waals surface area contributed by atoms with Gasteiger partial charge in [0.05, 0.1) is 0 Å². The zero-order valence-corrected chi connectivity index (χ0v) is 34.2. The molecule has 0 radical (unpaired) electrons. The zero-order valence-electron chi connectivity index (χ0n) is 34.2. The van der Waals surface area contributed by atoms with E-state index >= 15 is 0 Å². The number of fused-ring (bicyclic) bond motifs is 5. The van der Waals surface area contributed by atoms with Crippen molar-refractivity contribution in [1.82, 2.24) is 0 Å². The molecule has 0 bridgehead atoms. The molecule has 0 saturated carbocycles. The Morgan fingerprint density at radius 2 is 1.02 bits per heavy atom. The summed E-state index contributed by atoms with van der Waals surface area (Å²) in [6, 6.07) is 50.3. The molecular weight excluding hydrogens is 713 g/mol. The van der Waals surface area contributed by atoms with E-state index in [-0.39, 0.29) is 5.41 Å². The molecule has 0 saturated heterocycles. The van der Waals surface area contributed by atoms with Gasteiger partial charge in [-0.2, -0.15) is 0 Å². The van der Waals surface area contributed by atoms with E-state index in [1.165, 1.54) is 89.8 Å². The molecule has 2 aliphatic heterocycles. The Balaban J connectivity index is 0.858. The number of hydrogen-bond acceptors (Lipinski definition) is 2. The molecule has 0 fully saturated rings. The van der Waals surface area contributed by atoms with E-state index in [2.05, 4.69) is 194 Å². The Morgan fingerprint density at radius 3 is 1.68 bits per heavy atom. The molecule has 0 amide bonds. The predicted molar refractivity (Wildman–Crippen MR) is 249 cm³/mol. The third kappa shape index (κ3) is 6.25. The van der Waals surface area contributed by atoms with Gasteiger partial charge in [-0.1, -0.05) is 135 Å². The van der Waals surface area contributed by atoms with Gasteiger partial charge in [0.25, 0.3) is 0 Å². The van der Waals surface area contributed by atoms with E-state index in [1.54, 1.807) is 11.1 Å². The van der Waals surface area contributed by atoms with Gasteiger partial charge < -0.3 is 9.80 Å². The largest absolute Gasteiger partial charge is 0.310 e. The summed E-state index contributed by atoms with van der Waals surface area (Å²) >= 11 is 0. The lowest BCUT2D eigenvalue weighted by Gasteiger charge is -2.31. The summed E-state index contributed by atoms with van der Waals surface area (Å²) in [5, 5.41) is 0. The zero-order chi connectivity index (χ0) is 39.5. The molecule has 0 unspecified atom stereocenters. The van der Waals surface area contributed by atoms with Crippen molar-refractivity contribution in [3.63, 3.8) is 0 Å². The average molecular weight is 763 g/mol. The second-order valence-corrected chi connectivity index (χ2v) is 17.5. The van der Waals surface area contributed by atoms with Crippen molar-refractivity contribution < 1.29 is 0 Å². The molecule has 0 aromatic heterocycles. The Hall–Kier alpha value is -6.38. The van der Waals surface area contributed by atoms with Crippen LogP contribution in [-0.4, -0.2) is 0 Å². The second-order valence-electron chi connectivity index (χ2n) is 17.5. The third-order valence-corrected chi connectivity index (χ3v) is 13.6. The minimum atomic E-state index is -0.119. The van der Waals surface area contributed by atoms with E-state index < -0.39 is 0 Å². The van der Waals surface area contributed by atoms with Crippen LogP contribution in [-0.2, 0) is 18.3 Å². The molecule has 6 aromatic rings. The van der Waals surface area contributed by atoms with Gasteiger partial charge in [0, 0.05) is 39.6 Å². The maximum atomic E-state index is 2.54. The number of rotatable bonds is 5. The van der Waals surface area contributed by atoms with Gasteiger partial charge in [0.2, 0.25) is 0 Å². The number of anilines is 4. The van der Waals surface area contributed by atoms with E-state index in [4.69, 9.17) is 0 Å². The van der Waals surface area contributed by atoms with Crippen LogP contribution in [0, 0.1) is 0 Å². The van der Waals surface area contributed by atoms with Crippen LogP contribution in [0.1, 0.15) is 85.8 Å². The Bertz CT molecular complexity index is 2800. The quantitative estimate of drug-likeness (QED) is 0.161. The highest BCUT2D eigenvalue weighted by Gasteiger charge is 2.37. The van der Waals surface area contributed by atoms with Gasteiger partial charge in [-0.3, -0.25) is 0 Å². The second kappa shape index (κ2) is 14.5. The highest BCUT2D eigenvalue weighted by molar-refractivity contribution is 5.87. The van der Waals surface area contributed by atoms with Crippen molar-refractivity contribution in [3.8, 4) is 22.3 Å². The fraction of sp³-hybridized carbons (Fsp3) is 0.193. The van der Waals surface area contributed by atoms with E-state index in [9.17, 15) is 0 Å². The van der Waals surface area contributed by atoms with Crippen LogP contribution in [0.5, 0.6) is 0 Å². The van der Waals surface area contributed by atoms with Gasteiger partial charge in [-0.05, 0) is 167 Å². The predicted octanol–water partition coefficient (Wildman–Crippen LogP) is 15.2. The highest BCUT2D eigenvalue weighted by Crippen LogP contribution is 2.52. The lowest BCUT2D eigenvalue weighted by molar-refractivity contribution is 0.660. The molecule has 3 aliphatic carbocycles. The lowest BCUT2D eigenvalue weighted by Crippen LogP contribution is -2.20. The number of allylic oxidation sites excluding steroid dienone is 6. The first kappa shape index (κ1) is 35.8. The molecule has 0 spiro atoms. The Kier molecular flexibility index (Phi) is 8.77. The van der Waals surface area contributed by atoms with Crippen LogP contribution >= 0.6 is 0 Å². The van der Waals surface area contributed by atoms with Gasteiger partial charge in [0.15, 0.2) is 0 Å². The Labute approximate surface area is 349 Å². The first-order chi connectivity index (χ1) is 29.0. The van der Waals surface area contributed by atoms with Gasteiger partial charge >= 0.3 is 0 Å². The number of aryl methyl sites for hydroxylation is 2. The number of benzene rings is 6. The number of nitrogens with zero attached hydrogens (tertiary/aromatic N) is 2. The summed E-state index contributed by atoms with van der Waals surface area (Å²) in [5.74, 6) is 0. The average Bonchev–Trinajstić information content (AvgIpc) is 3.41. The Morgan fingerprint density at radius 1 is 0.458 bits per heavy atom. The molecular formula is C57H50N2. The van der Waals surface area contributed by atoms with Crippen LogP contribution in [0.4, 0.5) is 22.7 Å². The van der Waals surface area contributed by atoms with Crippen molar-refractivity contribution in [2.45, 2.75) is 70.6 Å². The standard InChI is InChI=1S/C57H50N2/c1-57(2)51-36-40(26-34-49(51)50-35-33-48(38-52(50)57)59-55-20-9-5-14-44(55)31-32-45-15-6-10-21-56(45)59)23-22-39-24-27-41(28-25-39)46-16-11-17-47(37-46)58-53-18-7-3-12-42(53)29-30-43-13-4-8-19-54(43)58/h3,5,7-12,14,16-28,33-38H,4,6,13,15,29-32H2,1-2H3/b23-22+. The molecule has 2 nitrogen and oxygen atoms in total. The minimum absolute atomic E-state index is 0.119. The first-order valence-corrected chi connectivity index (χ1v) is 21.7. The minimum Gasteiger partial charge on any atom is -0.310 e. The fourth-order valence-corrected chi connectivity index (χ4v) is 10.4. The molecule has 0 atom stereocenters. The van der Waals surface area contributed by atoms with Crippen LogP contribution in [0.3, 0.4) is 0 Å². The van der Waals surface area contributed by atoms with Gasteiger partial charge in [-0.15, -0.1) is 0 Å². The lowest BCUT2D eigenvalue weighted by atomic mass is 9.81. The van der Waals surface area contributed by atoms with Crippen molar-refractivity contribution >= 4 is 34.9 Å². The van der Waals surface area contributed by atoms with Crippen LogP contribution < -0.4 is 9.80 Å². The SMILES string of the molecule is CC1(C)c2cc(/C=C/c3ccc(-c4cccc(N5C6=C(CCC=C6)CCc6ccccc65)c4)cc3)ccc2-c2ccc(N3C4=C(CCC=C4)CCc4ccccc43)cc21. The van der Waals surface area contributed by atoms with Crippen LogP contribution in [0.2, 0.25) is 0 Å².